The minimum Gasteiger partial charge on any atom is -0.370 e. The molecular weight excluding hydrogens is 150 g/mol. The van der Waals surface area contributed by atoms with Crippen LogP contribution in [-0.4, -0.2) is 12.0 Å². The van der Waals surface area contributed by atoms with Crippen molar-refractivity contribution in [1.29, 1.82) is 0 Å². The van der Waals surface area contributed by atoms with Gasteiger partial charge in [-0.3, -0.25) is 4.99 Å². The molecule has 0 fully saturated rings. The number of rotatable bonds is 4. The molecule has 0 bridgehead atoms. The number of guanidine groups is 1. The summed E-state index contributed by atoms with van der Waals surface area (Å²) in [6.45, 7) is 8.63. The number of hydrogen-bond acceptors (Lipinski definition) is 1. The standard InChI is InChI=1S/C9H21N3/c1-6(2)5-8(7(3)4)12-9(10)11/h6-8H,5H2,1-4H3,(H4,10,11,12). The van der Waals surface area contributed by atoms with Gasteiger partial charge in [0.1, 0.15) is 0 Å². The first kappa shape index (κ1) is 11.3. The van der Waals surface area contributed by atoms with Gasteiger partial charge >= 0.3 is 0 Å². The topological polar surface area (TPSA) is 64.4 Å². The van der Waals surface area contributed by atoms with Gasteiger partial charge in [0, 0.05) is 0 Å². The molecule has 0 spiro atoms. The van der Waals surface area contributed by atoms with Crippen LogP contribution in [0.4, 0.5) is 0 Å². The zero-order valence-electron chi connectivity index (χ0n) is 8.54. The van der Waals surface area contributed by atoms with Gasteiger partial charge in [-0.05, 0) is 18.3 Å². The number of aliphatic imine (C=N–C) groups is 1. The molecule has 72 valence electrons. The van der Waals surface area contributed by atoms with Gasteiger partial charge in [0.15, 0.2) is 5.96 Å². The van der Waals surface area contributed by atoms with Crippen molar-refractivity contribution in [2.75, 3.05) is 0 Å². The summed E-state index contributed by atoms with van der Waals surface area (Å²) in [7, 11) is 0. The van der Waals surface area contributed by atoms with E-state index in [4.69, 9.17) is 11.5 Å². The minimum absolute atomic E-state index is 0.203. The Hall–Kier alpha value is -0.730. The van der Waals surface area contributed by atoms with Crippen molar-refractivity contribution in [3.8, 4) is 0 Å². The van der Waals surface area contributed by atoms with Crippen LogP contribution >= 0.6 is 0 Å². The third-order valence-corrected chi connectivity index (χ3v) is 1.80. The first-order valence-corrected chi connectivity index (χ1v) is 4.52. The van der Waals surface area contributed by atoms with Crippen LogP contribution in [0.5, 0.6) is 0 Å². The van der Waals surface area contributed by atoms with E-state index in [0.29, 0.717) is 11.8 Å². The van der Waals surface area contributed by atoms with Crippen LogP contribution in [0.2, 0.25) is 0 Å². The van der Waals surface area contributed by atoms with Crippen molar-refractivity contribution < 1.29 is 0 Å². The Morgan fingerprint density at radius 2 is 1.67 bits per heavy atom. The Kier molecular flexibility index (Phi) is 4.71. The van der Waals surface area contributed by atoms with Crippen molar-refractivity contribution in [2.45, 2.75) is 40.2 Å². The molecule has 1 atom stereocenters. The molecule has 0 amide bonds. The average molecular weight is 171 g/mol. The molecule has 0 radical (unpaired) electrons. The SMILES string of the molecule is CC(C)CC(N=C(N)N)C(C)C. The summed E-state index contributed by atoms with van der Waals surface area (Å²) in [6, 6.07) is 0.273. The Labute approximate surface area is 75.2 Å². The van der Waals surface area contributed by atoms with Gasteiger partial charge in [0.25, 0.3) is 0 Å². The molecular formula is C9H21N3. The van der Waals surface area contributed by atoms with Crippen LogP contribution in [0.15, 0.2) is 4.99 Å². The molecule has 0 aliphatic heterocycles. The maximum absolute atomic E-state index is 5.33. The highest BCUT2D eigenvalue weighted by molar-refractivity contribution is 5.75. The van der Waals surface area contributed by atoms with Gasteiger partial charge < -0.3 is 11.5 Å². The van der Waals surface area contributed by atoms with E-state index in [1.807, 2.05) is 0 Å². The molecule has 0 aromatic rings. The lowest BCUT2D eigenvalue weighted by Crippen LogP contribution is -2.28. The van der Waals surface area contributed by atoms with E-state index in [2.05, 4.69) is 32.7 Å². The summed E-state index contributed by atoms with van der Waals surface area (Å²) in [5.74, 6) is 1.35. The molecule has 3 nitrogen and oxygen atoms in total. The summed E-state index contributed by atoms with van der Waals surface area (Å²) in [6.07, 6.45) is 1.05. The van der Waals surface area contributed by atoms with Crippen LogP contribution in [0.3, 0.4) is 0 Å². The van der Waals surface area contributed by atoms with Gasteiger partial charge in [-0.15, -0.1) is 0 Å². The van der Waals surface area contributed by atoms with Crippen LogP contribution in [0.25, 0.3) is 0 Å². The predicted molar refractivity (Wildman–Crippen MR) is 53.9 cm³/mol. The van der Waals surface area contributed by atoms with Gasteiger partial charge in [-0.2, -0.15) is 0 Å². The minimum atomic E-state index is 0.203. The quantitative estimate of drug-likeness (QED) is 0.495. The number of nitrogens with two attached hydrogens (primary N) is 2. The molecule has 0 aliphatic carbocycles. The molecule has 0 rings (SSSR count). The number of nitrogens with zero attached hydrogens (tertiary/aromatic N) is 1. The molecule has 4 N–H and O–H groups in total. The lowest BCUT2D eigenvalue weighted by molar-refractivity contribution is 0.408. The lowest BCUT2D eigenvalue weighted by atomic mass is 9.95. The van der Waals surface area contributed by atoms with Crippen molar-refractivity contribution in [2.24, 2.45) is 28.3 Å². The van der Waals surface area contributed by atoms with E-state index in [1.54, 1.807) is 0 Å². The Morgan fingerprint density at radius 3 is 1.92 bits per heavy atom. The maximum atomic E-state index is 5.33. The second-order valence-electron chi connectivity index (χ2n) is 3.99. The van der Waals surface area contributed by atoms with Crippen LogP contribution in [0, 0.1) is 11.8 Å². The van der Waals surface area contributed by atoms with E-state index >= 15 is 0 Å². The zero-order valence-corrected chi connectivity index (χ0v) is 8.54. The molecule has 3 heteroatoms. The molecule has 1 unspecified atom stereocenters. The summed E-state index contributed by atoms with van der Waals surface area (Å²) < 4.78 is 0. The van der Waals surface area contributed by atoms with Gasteiger partial charge in [0.05, 0.1) is 6.04 Å². The largest absolute Gasteiger partial charge is 0.370 e. The predicted octanol–water partition coefficient (Wildman–Crippen LogP) is 1.33. The Bertz CT molecular complexity index is 146. The van der Waals surface area contributed by atoms with Crippen molar-refractivity contribution in [1.82, 2.24) is 0 Å². The monoisotopic (exact) mass is 171 g/mol. The fourth-order valence-electron chi connectivity index (χ4n) is 1.15. The summed E-state index contributed by atoms with van der Waals surface area (Å²) in [4.78, 5) is 4.19. The third kappa shape index (κ3) is 4.99. The Morgan fingerprint density at radius 1 is 1.17 bits per heavy atom. The van der Waals surface area contributed by atoms with Gasteiger partial charge in [-0.1, -0.05) is 27.7 Å². The molecule has 0 saturated heterocycles. The lowest BCUT2D eigenvalue weighted by Gasteiger charge is -2.18. The molecule has 0 aromatic heterocycles. The van der Waals surface area contributed by atoms with Crippen molar-refractivity contribution >= 4 is 5.96 Å². The summed E-state index contributed by atoms with van der Waals surface area (Å²) >= 11 is 0. The second-order valence-corrected chi connectivity index (χ2v) is 3.99. The second kappa shape index (κ2) is 5.01. The highest BCUT2D eigenvalue weighted by Crippen LogP contribution is 2.15. The molecule has 0 saturated carbocycles. The van der Waals surface area contributed by atoms with Crippen molar-refractivity contribution in [3.05, 3.63) is 0 Å². The first-order valence-electron chi connectivity index (χ1n) is 4.52. The van der Waals surface area contributed by atoms with E-state index in [-0.39, 0.29) is 12.0 Å². The van der Waals surface area contributed by atoms with E-state index in [9.17, 15) is 0 Å². The average Bonchev–Trinajstić information content (AvgIpc) is 1.83. The highest BCUT2D eigenvalue weighted by Gasteiger charge is 2.13. The van der Waals surface area contributed by atoms with Gasteiger partial charge in [0.2, 0.25) is 0 Å². The Balaban J connectivity index is 4.15. The molecule has 0 aliphatic rings. The third-order valence-electron chi connectivity index (χ3n) is 1.80. The smallest absolute Gasteiger partial charge is 0.186 e. The van der Waals surface area contributed by atoms with E-state index in [0.717, 1.165) is 6.42 Å². The zero-order chi connectivity index (χ0) is 9.72. The van der Waals surface area contributed by atoms with Crippen LogP contribution in [0.1, 0.15) is 34.1 Å². The number of hydrogen-bond donors (Lipinski definition) is 2. The molecule has 12 heavy (non-hydrogen) atoms. The molecule has 0 aromatic carbocycles. The fraction of sp³-hybridized carbons (Fsp3) is 0.889. The van der Waals surface area contributed by atoms with Crippen LogP contribution in [-0.2, 0) is 0 Å². The summed E-state index contributed by atoms with van der Waals surface area (Å²) in [5, 5.41) is 0. The normalized spacial score (nSPS) is 13.5. The molecule has 0 heterocycles. The van der Waals surface area contributed by atoms with Crippen LogP contribution < -0.4 is 11.5 Å². The summed E-state index contributed by atoms with van der Waals surface area (Å²) in [5.41, 5.74) is 10.7. The van der Waals surface area contributed by atoms with Crippen molar-refractivity contribution in [3.63, 3.8) is 0 Å². The van der Waals surface area contributed by atoms with Gasteiger partial charge in [-0.25, -0.2) is 0 Å². The maximum Gasteiger partial charge on any atom is 0.186 e. The highest BCUT2D eigenvalue weighted by atomic mass is 15.0. The fourth-order valence-corrected chi connectivity index (χ4v) is 1.15. The van der Waals surface area contributed by atoms with E-state index < -0.39 is 0 Å². The van der Waals surface area contributed by atoms with E-state index in [1.165, 1.54) is 0 Å². The first-order chi connectivity index (χ1) is 5.43.